The quantitative estimate of drug-likeness (QED) is 0.364. The first kappa shape index (κ1) is 25.1. The normalized spacial score (nSPS) is 12.0. The molecule has 1 aromatic heterocycles. The van der Waals surface area contributed by atoms with Crippen LogP contribution < -0.4 is 4.74 Å². The number of benzene rings is 1. The molecule has 1 amide bonds. The third kappa shape index (κ3) is 9.02. The van der Waals surface area contributed by atoms with Crippen molar-refractivity contribution in [3.63, 3.8) is 0 Å². The van der Waals surface area contributed by atoms with Crippen molar-refractivity contribution < 1.29 is 14.3 Å². The minimum atomic E-state index is -1.20. The molecule has 1 heterocycles. The Kier molecular flexibility index (Phi) is 10.7. The van der Waals surface area contributed by atoms with Gasteiger partial charge in [0.1, 0.15) is 11.9 Å². The van der Waals surface area contributed by atoms with E-state index in [9.17, 15) is 4.79 Å². The number of rotatable bonds is 9. The van der Waals surface area contributed by atoms with Gasteiger partial charge in [-0.1, -0.05) is 47.7 Å². The van der Waals surface area contributed by atoms with Crippen molar-refractivity contribution in [1.82, 2.24) is 4.90 Å². The van der Waals surface area contributed by atoms with Gasteiger partial charge < -0.3 is 14.4 Å². The van der Waals surface area contributed by atoms with Gasteiger partial charge in [-0.05, 0) is 35.7 Å². The average Bonchev–Trinajstić information content (AvgIpc) is 3.11. The Balaban J connectivity index is 0.00000392. The van der Waals surface area contributed by atoms with E-state index in [4.69, 9.17) is 9.47 Å². The van der Waals surface area contributed by atoms with Gasteiger partial charge >= 0.3 is 6.09 Å². The summed E-state index contributed by atoms with van der Waals surface area (Å²) >= 11 is 5.14. The smallest absolute Gasteiger partial charge is 0.409 e. The summed E-state index contributed by atoms with van der Waals surface area (Å²) in [5.74, 6) is 0.808. The highest BCUT2D eigenvalue weighted by atomic mass is 79.9. The number of nitrogens with zero attached hydrogens (tertiary/aromatic N) is 1. The van der Waals surface area contributed by atoms with E-state index in [2.05, 4.69) is 41.6 Å². The van der Waals surface area contributed by atoms with Crippen molar-refractivity contribution in [2.75, 3.05) is 20.2 Å². The largest absolute Gasteiger partial charge is 0.485 e. The Morgan fingerprint density at radius 3 is 2.61 bits per heavy atom. The number of hydrogen-bond donors (Lipinski definition) is 0. The maximum Gasteiger partial charge on any atom is 0.409 e. The number of amides is 1. The fourth-order valence-corrected chi connectivity index (χ4v) is 4.28. The van der Waals surface area contributed by atoms with Crippen LogP contribution in [-0.2, 0) is 4.74 Å². The van der Waals surface area contributed by atoms with Gasteiger partial charge in [0, 0.05) is 37.4 Å². The van der Waals surface area contributed by atoms with Crippen LogP contribution in [0, 0.1) is 0 Å². The number of carbonyl (C=O) groups excluding carboxylic acids is 1. The van der Waals surface area contributed by atoms with Crippen LogP contribution >= 0.6 is 40.8 Å². The van der Waals surface area contributed by atoms with E-state index in [1.54, 1.807) is 23.3 Å². The Labute approximate surface area is 188 Å². The highest BCUT2D eigenvalue weighted by molar-refractivity contribution is 9.10. The highest BCUT2D eigenvalue weighted by Gasteiger charge is 2.19. The Hall–Kier alpha value is -0.963. The highest BCUT2D eigenvalue weighted by Crippen LogP contribution is 2.29. The molecule has 0 fully saturated rings. The van der Waals surface area contributed by atoms with Crippen molar-refractivity contribution in [2.45, 2.75) is 38.2 Å². The third-order valence-electron chi connectivity index (χ3n) is 4.05. The van der Waals surface area contributed by atoms with Crippen LogP contribution in [0.4, 0.5) is 4.79 Å². The summed E-state index contributed by atoms with van der Waals surface area (Å²) in [6.07, 6.45) is 0.337. The van der Waals surface area contributed by atoms with E-state index in [0.29, 0.717) is 19.6 Å². The van der Waals surface area contributed by atoms with Gasteiger partial charge in [0.15, 0.2) is 0 Å². The Morgan fingerprint density at radius 2 is 2.00 bits per heavy atom. The van der Waals surface area contributed by atoms with Crippen LogP contribution in [0.3, 0.4) is 0 Å². The summed E-state index contributed by atoms with van der Waals surface area (Å²) in [5, 5.41) is 2.04. The lowest BCUT2D eigenvalue weighted by atomic mass is 10.2. The van der Waals surface area contributed by atoms with E-state index in [0.717, 1.165) is 21.1 Å². The number of halogens is 1. The molecule has 0 aliphatic carbocycles. The number of ether oxygens (including phenoxy) is 2. The molecule has 8 heteroatoms. The van der Waals surface area contributed by atoms with E-state index >= 15 is 0 Å². The fraction of sp³-hybridized carbons (Fsp3) is 0.450. The molecule has 0 spiro atoms. The van der Waals surface area contributed by atoms with Crippen LogP contribution in [0.1, 0.15) is 17.4 Å². The van der Waals surface area contributed by atoms with Crippen molar-refractivity contribution in [3.05, 3.63) is 51.1 Å². The van der Waals surface area contributed by atoms with Crippen LogP contribution in [0.2, 0.25) is 25.7 Å². The lowest BCUT2D eigenvalue weighted by Gasteiger charge is -2.23. The van der Waals surface area contributed by atoms with Gasteiger partial charge in [0.05, 0.1) is 6.61 Å². The number of hydrogen-bond acceptors (Lipinski definition) is 4. The molecule has 0 N–H and O–H groups in total. The van der Waals surface area contributed by atoms with Crippen LogP contribution in [0.25, 0.3) is 0 Å². The first-order valence-corrected chi connectivity index (χ1v) is 14.5. The molecule has 0 aliphatic heterocycles. The molecular formula is C20H30BrNO3S2Si. The standard InChI is InChI=1S/C20H28BrNO3SSi.H2S/c1-22(20(23)24-12-14-27(2,3)4)11-10-18(19-9-6-13-26-19)25-17-8-5-7-16(21)15-17;/h5-9,13,15,18H,10-12,14H2,1-4H3;1H2/t18-;/m0./s1. The van der Waals surface area contributed by atoms with Crippen LogP contribution in [-0.4, -0.2) is 39.3 Å². The zero-order valence-electron chi connectivity index (χ0n) is 16.9. The molecule has 2 aromatic rings. The second-order valence-corrected chi connectivity index (χ2v) is 15.2. The molecule has 28 heavy (non-hydrogen) atoms. The Bertz CT molecular complexity index is 722. The summed E-state index contributed by atoms with van der Waals surface area (Å²) in [5.41, 5.74) is 0. The Morgan fingerprint density at radius 1 is 1.25 bits per heavy atom. The summed E-state index contributed by atoms with van der Waals surface area (Å²) in [4.78, 5) is 15.0. The molecule has 2 rings (SSSR count). The van der Waals surface area contributed by atoms with Crippen molar-refractivity contribution in [1.29, 1.82) is 0 Å². The minimum absolute atomic E-state index is 0. The molecule has 0 aliphatic rings. The van der Waals surface area contributed by atoms with Crippen LogP contribution in [0.5, 0.6) is 5.75 Å². The number of carbonyl (C=O) groups is 1. The first-order valence-electron chi connectivity index (χ1n) is 9.08. The van der Waals surface area contributed by atoms with E-state index in [1.165, 1.54) is 0 Å². The third-order valence-corrected chi connectivity index (χ3v) is 7.21. The van der Waals surface area contributed by atoms with Crippen molar-refractivity contribution >= 4 is 54.9 Å². The second-order valence-electron chi connectivity index (χ2n) is 7.71. The number of thiophene rings is 1. The van der Waals surface area contributed by atoms with E-state index < -0.39 is 8.07 Å². The molecular weight excluding hydrogens is 474 g/mol. The molecule has 0 bridgehead atoms. The average molecular weight is 505 g/mol. The second kappa shape index (κ2) is 11.9. The van der Waals surface area contributed by atoms with Gasteiger partial charge in [-0.2, -0.15) is 13.5 Å². The maximum atomic E-state index is 12.2. The van der Waals surface area contributed by atoms with Crippen LogP contribution in [0.15, 0.2) is 46.3 Å². The van der Waals surface area contributed by atoms with Gasteiger partial charge in [-0.15, -0.1) is 11.3 Å². The maximum absolute atomic E-state index is 12.2. The fourth-order valence-electron chi connectivity index (χ4n) is 2.40. The molecule has 0 saturated carbocycles. The van der Waals surface area contributed by atoms with Gasteiger partial charge in [-0.3, -0.25) is 0 Å². The predicted octanol–water partition coefficient (Wildman–Crippen LogP) is 6.54. The van der Waals surface area contributed by atoms with Crippen molar-refractivity contribution in [2.24, 2.45) is 0 Å². The monoisotopic (exact) mass is 503 g/mol. The zero-order valence-corrected chi connectivity index (χ0v) is 21.3. The lowest BCUT2D eigenvalue weighted by Crippen LogP contribution is -2.31. The summed E-state index contributed by atoms with van der Waals surface area (Å²) in [6.45, 7) is 7.89. The minimum Gasteiger partial charge on any atom is -0.485 e. The molecule has 1 aromatic carbocycles. The summed E-state index contributed by atoms with van der Waals surface area (Å²) in [7, 11) is 0.581. The lowest BCUT2D eigenvalue weighted by molar-refractivity contribution is 0.108. The molecule has 0 saturated heterocycles. The van der Waals surface area contributed by atoms with E-state index in [-0.39, 0.29) is 25.7 Å². The van der Waals surface area contributed by atoms with Gasteiger partial charge in [0.25, 0.3) is 0 Å². The summed E-state index contributed by atoms with van der Waals surface area (Å²) < 4.78 is 12.6. The van der Waals surface area contributed by atoms with E-state index in [1.807, 2.05) is 35.7 Å². The molecule has 4 nitrogen and oxygen atoms in total. The zero-order chi connectivity index (χ0) is 19.9. The van der Waals surface area contributed by atoms with Gasteiger partial charge in [0.2, 0.25) is 0 Å². The molecule has 0 radical (unpaired) electrons. The SMILES string of the molecule is CN(CC[C@H](Oc1cccc(Br)c1)c1cccs1)C(=O)OCC[Si](C)(C)C.S. The first-order chi connectivity index (χ1) is 12.7. The van der Waals surface area contributed by atoms with Crippen molar-refractivity contribution in [3.8, 4) is 5.75 Å². The van der Waals surface area contributed by atoms with Gasteiger partial charge in [-0.25, -0.2) is 4.79 Å². The summed E-state index contributed by atoms with van der Waals surface area (Å²) in [6, 6.07) is 12.9. The molecule has 156 valence electrons. The molecule has 0 unspecified atom stereocenters. The predicted molar refractivity (Wildman–Crippen MR) is 129 cm³/mol. The molecule has 1 atom stereocenters. The topological polar surface area (TPSA) is 38.8 Å².